The lowest BCUT2D eigenvalue weighted by atomic mass is 9.96. The van der Waals surface area contributed by atoms with Gasteiger partial charge in [-0.3, -0.25) is 9.59 Å². The summed E-state index contributed by atoms with van der Waals surface area (Å²) in [7, 11) is 0. The first-order valence-electron chi connectivity index (χ1n) is 11.1. The fourth-order valence-corrected chi connectivity index (χ4v) is 5.40. The smallest absolute Gasteiger partial charge is 0.228 e. The minimum atomic E-state index is -0.238. The summed E-state index contributed by atoms with van der Waals surface area (Å²) in [6, 6.07) is 2.23. The molecular weight excluding hydrogens is 382 g/mol. The largest absolute Gasteiger partial charge is 0.382 e. The summed E-state index contributed by atoms with van der Waals surface area (Å²) in [4.78, 5) is 34.4. The topological polar surface area (TPSA) is 80.0 Å². The van der Waals surface area contributed by atoms with Crippen molar-refractivity contribution in [3.63, 3.8) is 0 Å². The lowest BCUT2D eigenvalue weighted by Gasteiger charge is -2.37. The molecule has 0 radical (unpaired) electrons. The number of rotatable bonds is 6. The Morgan fingerprint density at radius 2 is 2.17 bits per heavy atom. The number of hydrogen-bond acceptors (Lipinski definition) is 5. The Morgan fingerprint density at radius 1 is 1.30 bits per heavy atom. The van der Waals surface area contributed by atoms with Crippen molar-refractivity contribution in [3.8, 4) is 0 Å². The van der Waals surface area contributed by atoms with E-state index >= 15 is 0 Å². The number of hydrogen-bond donors (Lipinski definition) is 0. The first-order chi connectivity index (χ1) is 14.6. The number of likely N-dealkylation sites (tertiary alicyclic amines) is 1. The molecule has 3 aliphatic heterocycles. The van der Waals surface area contributed by atoms with Crippen LogP contribution in [-0.2, 0) is 20.7 Å². The number of aromatic nitrogens is 3. The fourth-order valence-electron chi connectivity index (χ4n) is 5.40. The van der Waals surface area contributed by atoms with Gasteiger partial charge in [0.25, 0.3) is 0 Å². The summed E-state index contributed by atoms with van der Waals surface area (Å²) in [5.41, 5.74) is 4.13. The van der Waals surface area contributed by atoms with Crippen molar-refractivity contribution < 1.29 is 14.3 Å². The van der Waals surface area contributed by atoms with Crippen LogP contribution in [0.5, 0.6) is 0 Å². The molecule has 8 heteroatoms. The third-order valence-electron chi connectivity index (χ3n) is 6.77. The van der Waals surface area contributed by atoms with Crippen LogP contribution in [0.1, 0.15) is 55.6 Å². The van der Waals surface area contributed by atoms with Gasteiger partial charge < -0.3 is 14.5 Å². The molecule has 2 fully saturated rings. The first-order valence-corrected chi connectivity index (χ1v) is 11.1. The molecule has 5 rings (SSSR count). The van der Waals surface area contributed by atoms with Crippen molar-refractivity contribution in [2.24, 2.45) is 5.92 Å². The van der Waals surface area contributed by atoms with E-state index in [1.165, 1.54) is 5.69 Å². The third kappa shape index (κ3) is 3.17. The molecule has 2 aromatic heterocycles. The van der Waals surface area contributed by atoms with Crippen molar-refractivity contribution in [1.29, 1.82) is 0 Å². The SMILES string of the molecule is CCOCCCN1C[C@H](C(=O)N2[C@H]3CC[C@@H]2c2cnc4cc(C)nn4c2C3)CC1=O. The molecule has 3 aliphatic rings. The van der Waals surface area contributed by atoms with E-state index in [0.717, 1.165) is 42.6 Å². The standard InChI is InChI=1S/C22H29N5O3/c1-3-30-8-4-7-25-13-15(10-21(25)28)22(29)26-16-5-6-18(26)17-12-23-20-9-14(2)24-27(20)19(17)11-16/h9,12,15-16,18H,3-8,10-11,13H2,1-2H3/t15-,16+,18-/m1/s1. The maximum absolute atomic E-state index is 13.5. The van der Waals surface area contributed by atoms with Crippen LogP contribution in [0.15, 0.2) is 12.3 Å². The monoisotopic (exact) mass is 411 g/mol. The predicted octanol–water partition coefficient (Wildman–Crippen LogP) is 1.90. The number of carbonyl (C=O) groups excluding carboxylic acids is 2. The van der Waals surface area contributed by atoms with Gasteiger partial charge >= 0.3 is 0 Å². The van der Waals surface area contributed by atoms with Crippen LogP contribution in [0.2, 0.25) is 0 Å². The number of nitrogens with zero attached hydrogens (tertiary/aromatic N) is 5. The van der Waals surface area contributed by atoms with Crippen LogP contribution in [0, 0.1) is 12.8 Å². The lowest BCUT2D eigenvalue weighted by Crippen LogP contribution is -2.46. The summed E-state index contributed by atoms with van der Waals surface area (Å²) in [6.45, 7) is 6.48. The van der Waals surface area contributed by atoms with Gasteiger partial charge in [0.15, 0.2) is 5.65 Å². The van der Waals surface area contributed by atoms with E-state index in [4.69, 9.17) is 4.74 Å². The lowest BCUT2D eigenvalue weighted by molar-refractivity contribution is -0.139. The predicted molar refractivity (Wildman–Crippen MR) is 110 cm³/mol. The Kier molecular flexibility index (Phi) is 4.97. The average Bonchev–Trinajstić information content (AvgIpc) is 3.39. The molecular formula is C22H29N5O3. The Bertz CT molecular complexity index is 987. The average molecular weight is 412 g/mol. The number of ether oxygens (including phenoxy) is 1. The minimum Gasteiger partial charge on any atom is -0.382 e. The third-order valence-corrected chi connectivity index (χ3v) is 6.77. The van der Waals surface area contributed by atoms with Crippen LogP contribution in [0.25, 0.3) is 5.65 Å². The minimum absolute atomic E-state index is 0.0507. The molecule has 0 spiro atoms. The molecule has 2 amide bonds. The van der Waals surface area contributed by atoms with Crippen LogP contribution in [0.4, 0.5) is 0 Å². The zero-order chi connectivity index (χ0) is 20.8. The van der Waals surface area contributed by atoms with Gasteiger partial charge in [0.2, 0.25) is 11.8 Å². The van der Waals surface area contributed by atoms with E-state index < -0.39 is 0 Å². The summed E-state index contributed by atoms with van der Waals surface area (Å²) in [6.07, 6.45) is 5.81. The molecule has 2 aromatic rings. The molecule has 2 bridgehead atoms. The summed E-state index contributed by atoms with van der Waals surface area (Å²) >= 11 is 0. The van der Waals surface area contributed by atoms with Crippen LogP contribution < -0.4 is 0 Å². The van der Waals surface area contributed by atoms with E-state index in [1.54, 1.807) is 0 Å². The molecule has 0 unspecified atom stereocenters. The van der Waals surface area contributed by atoms with Crippen molar-refractivity contribution >= 4 is 17.5 Å². The highest BCUT2D eigenvalue weighted by Gasteiger charge is 2.47. The molecule has 3 atom stereocenters. The zero-order valence-corrected chi connectivity index (χ0v) is 17.7. The van der Waals surface area contributed by atoms with Crippen molar-refractivity contribution in [3.05, 3.63) is 29.2 Å². The normalized spacial score (nSPS) is 25.4. The highest BCUT2D eigenvalue weighted by molar-refractivity contribution is 5.90. The highest BCUT2D eigenvalue weighted by atomic mass is 16.5. The number of aryl methyl sites for hydroxylation is 1. The van der Waals surface area contributed by atoms with E-state index in [9.17, 15) is 9.59 Å². The number of amides is 2. The van der Waals surface area contributed by atoms with Crippen molar-refractivity contribution in [1.82, 2.24) is 24.4 Å². The second-order valence-electron chi connectivity index (χ2n) is 8.70. The molecule has 0 aliphatic carbocycles. The second-order valence-corrected chi connectivity index (χ2v) is 8.70. The molecule has 0 N–H and O–H groups in total. The summed E-state index contributed by atoms with van der Waals surface area (Å²) in [5.74, 6) is -0.0200. The maximum Gasteiger partial charge on any atom is 0.228 e. The van der Waals surface area contributed by atoms with Gasteiger partial charge in [0.05, 0.1) is 23.3 Å². The zero-order valence-electron chi connectivity index (χ0n) is 17.7. The Morgan fingerprint density at radius 3 is 3.00 bits per heavy atom. The molecule has 0 aromatic carbocycles. The Hall–Kier alpha value is -2.48. The van der Waals surface area contributed by atoms with Gasteiger partial charge in [-0.2, -0.15) is 5.10 Å². The Labute approximate surface area is 176 Å². The van der Waals surface area contributed by atoms with E-state index in [2.05, 4.69) is 15.0 Å². The van der Waals surface area contributed by atoms with Crippen LogP contribution in [0.3, 0.4) is 0 Å². The van der Waals surface area contributed by atoms with Gasteiger partial charge in [0, 0.05) is 63.0 Å². The molecule has 5 heterocycles. The van der Waals surface area contributed by atoms with Gasteiger partial charge in [-0.05, 0) is 33.1 Å². The second kappa shape index (κ2) is 7.65. The molecule has 30 heavy (non-hydrogen) atoms. The Balaban J connectivity index is 1.33. The molecule has 2 saturated heterocycles. The van der Waals surface area contributed by atoms with Gasteiger partial charge in [-0.15, -0.1) is 0 Å². The van der Waals surface area contributed by atoms with E-state index in [0.29, 0.717) is 32.7 Å². The van der Waals surface area contributed by atoms with E-state index in [-0.39, 0.29) is 29.8 Å². The van der Waals surface area contributed by atoms with Gasteiger partial charge in [-0.25, -0.2) is 9.50 Å². The van der Waals surface area contributed by atoms with Crippen molar-refractivity contribution in [2.45, 2.75) is 58.0 Å². The van der Waals surface area contributed by atoms with Crippen LogP contribution >= 0.6 is 0 Å². The number of fused-ring (bicyclic) bond motifs is 6. The summed E-state index contributed by atoms with van der Waals surface area (Å²) in [5, 5.41) is 4.62. The van der Waals surface area contributed by atoms with E-state index in [1.807, 2.05) is 35.5 Å². The maximum atomic E-state index is 13.5. The summed E-state index contributed by atoms with van der Waals surface area (Å²) < 4.78 is 7.33. The number of carbonyl (C=O) groups is 2. The first kappa shape index (κ1) is 19.5. The molecule has 160 valence electrons. The van der Waals surface area contributed by atoms with Crippen LogP contribution in [-0.4, -0.2) is 68.6 Å². The molecule has 0 saturated carbocycles. The van der Waals surface area contributed by atoms with Crippen molar-refractivity contribution in [2.75, 3.05) is 26.3 Å². The fraction of sp³-hybridized carbons (Fsp3) is 0.636. The van der Waals surface area contributed by atoms with Gasteiger partial charge in [0.1, 0.15) is 0 Å². The highest BCUT2D eigenvalue weighted by Crippen LogP contribution is 2.44. The van der Waals surface area contributed by atoms with Gasteiger partial charge in [-0.1, -0.05) is 0 Å². The molecule has 8 nitrogen and oxygen atoms in total. The quantitative estimate of drug-likeness (QED) is 0.679.